The van der Waals surface area contributed by atoms with Gasteiger partial charge in [0.25, 0.3) is 0 Å². The van der Waals surface area contributed by atoms with E-state index in [1.165, 1.54) is 17.4 Å². The molecule has 0 aliphatic heterocycles. The van der Waals surface area contributed by atoms with Crippen LogP contribution in [0, 0.1) is 5.92 Å². The Morgan fingerprint density at radius 2 is 2.28 bits per heavy atom. The number of carboxylic acids is 1. The van der Waals surface area contributed by atoms with Crippen LogP contribution in [0.25, 0.3) is 6.08 Å². The molecule has 0 saturated heterocycles. The molecular formula is C13H15NO3S. The lowest BCUT2D eigenvalue weighted by Gasteiger charge is -2.25. The predicted molar refractivity (Wildman–Crippen MR) is 70.3 cm³/mol. The minimum Gasteiger partial charge on any atom is -0.480 e. The molecule has 0 spiro atoms. The Labute approximate surface area is 109 Å². The fourth-order valence-corrected chi connectivity index (χ4v) is 2.45. The van der Waals surface area contributed by atoms with Gasteiger partial charge in [0.15, 0.2) is 0 Å². The summed E-state index contributed by atoms with van der Waals surface area (Å²) in [6, 6.07) is 3.79. The molecule has 1 fully saturated rings. The lowest BCUT2D eigenvalue weighted by molar-refractivity contribution is -0.147. The van der Waals surface area contributed by atoms with Gasteiger partial charge in [0.1, 0.15) is 5.54 Å². The van der Waals surface area contributed by atoms with Gasteiger partial charge in [-0.3, -0.25) is 4.79 Å². The maximum atomic E-state index is 11.7. The lowest BCUT2D eigenvalue weighted by atomic mass is 9.96. The molecule has 1 aromatic rings. The molecule has 1 unspecified atom stereocenters. The van der Waals surface area contributed by atoms with Crippen LogP contribution in [0.2, 0.25) is 0 Å². The molecule has 2 N–H and O–H groups in total. The molecule has 5 heteroatoms. The molecule has 1 aromatic heterocycles. The van der Waals surface area contributed by atoms with Crippen molar-refractivity contribution in [1.29, 1.82) is 0 Å². The molecule has 1 saturated carbocycles. The summed E-state index contributed by atoms with van der Waals surface area (Å²) < 4.78 is 0. The largest absolute Gasteiger partial charge is 0.480 e. The monoisotopic (exact) mass is 265 g/mol. The number of hydrogen-bond acceptors (Lipinski definition) is 3. The van der Waals surface area contributed by atoms with Crippen LogP contribution in [-0.4, -0.2) is 22.5 Å². The molecule has 1 aliphatic rings. The second-order valence-corrected chi connectivity index (χ2v) is 5.60. The summed E-state index contributed by atoms with van der Waals surface area (Å²) in [5, 5.41) is 13.7. The van der Waals surface area contributed by atoms with E-state index in [9.17, 15) is 14.7 Å². The van der Waals surface area contributed by atoms with E-state index in [0.717, 1.165) is 17.7 Å². The Balaban J connectivity index is 1.99. The van der Waals surface area contributed by atoms with E-state index in [1.54, 1.807) is 13.0 Å². The highest BCUT2D eigenvalue weighted by atomic mass is 32.1. The molecule has 1 heterocycles. The van der Waals surface area contributed by atoms with Gasteiger partial charge in [-0.2, -0.15) is 0 Å². The second kappa shape index (κ2) is 4.94. The SMILES string of the molecule is CC(NC(=O)/C=C/c1cccs1)(C(=O)O)C1CC1. The molecule has 1 aliphatic carbocycles. The Morgan fingerprint density at radius 1 is 1.56 bits per heavy atom. The Hall–Kier alpha value is -1.62. The number of aliphatic carboxylic acids is 1. The fraction of sp³-hybridized carbons (Fsp3) is 0.385. The van der Waals surface area contributed by atoms with Gasteiger partial charge >= 0.3 is 5.97 Å². The van der Waals surface area contributed by atoms with E-state index in [2.05, 4.69) is 5.32 Å². The zero-order valence-corrected chi connectivity index (χ0v) is 10.9. The molecule has 1 amide bonds. The number of amides is 1. The van der Waals surface area contributed by atoms with E-state index in [0.29, 0.717) is 0 Å². The van der Waals surface area contributed by atoms with E-state index in [-0.39, 0.29) is 11.8 Å². The fourth-order valence-electron chi connectivity index (χ4n) is 1.83. The maximum absolute atomic E-state index is 11.7. The lowest BCUT2D eigenvalue weighted by Crippen LogP contribution is -2.53. The van der Waals surface area contributed by atoms with Crippen molar-refractivity contribution >= 4 is 29.3 Å². The summed E-state index contributed by atoms with van der Waals surface area (Å²) in [5.74, 6) is -1.28. The van der Waals surface area contributed by atoms with Crippen molar-refractivity contribution in [3.05, 3.63) is 28.5 Å². The van der Waals surface area contributed by atoms with Gasteiger partial charge in [-0.25, -0.2) is 4.79 Å². The van der Waals surface area contributed by atoms with Crippen molar-refractivity contribution in [2.75, 3.05) is 0 Å². The molecule has 1 atom stereocenters. The molecule has 96 valence electrons. The van der Waals surface area contributed by atoms with Gasteiger partial charge < -0.3 is 10.4 Å². The third-order valence-electron chi connectivity index (χ3n) is 3.16. The van der Waals surface area contributed by atoms with Crippen molar-refractivity contribution in [3.63, 3.8) is 0 Å². The van der Waals surface area contributed by atoms with Crippen molar-refractivity contribution in [1.82, 2.24) is 5.32 Å². The van der Waals surface area contributed by atoms with Crippen molar-refractivity contribution in [2.45, 2.75) is 25.3 Å². The highest BCUT2D eigenvalue weighted by Gasteiger charge is 2.48. The van der Waals surface area contributed by atoms with Crippen LogP contribution in [0.1, 0.15) is 24.6 Å². The third kappa shape index (κ3) is 2.79. The zero-order chi connectivity index (χ0) is 13.2. The number of carbonyl (C=O) groups is 2. The van der Waals surface area contributed by atoms with E-state index in [1.807, 2.05) is 17.5 Å². The molecule has 0 bridgehead atoms. The number of hydrogen-bond donors (Lipinski definition) is 2. The third-order valence-corrected chi connectivity index (χ3v) is 4.00. The quantitative estimate of drug-likeness (QED) is 0.801. The second-order valence-electron chi connectivity index (χ2n) is 4.62. The van der Waals surface area contributed by atoms with Gasteiger partial charge in [-0.15, -0.1) is 11.3 Å². The average molecular weight is 265 g/mol. The van der Waals surface area contributed by atoms with Crippen LogP contribution < -0.4 is 5.32 Å². The predicted octanol–water partition coefficient (Wildman–Crippen LogP) is 2.13. The first kappa shape index (κ1) is 12.8. The van der Waals surface area contributed by atoms with E-state index >= 15 is 0 Å². The van der Waals surface area contributed by atoms with Gasteiger partial charge in [0, 0.05) is 11.0 Å². The van der Waals surface area contributed by atoms with Crippen LogP contribution in [0.4, 0.5) is 0 Å². The minimum absolute atomic E-state index is 0.0501. The molecule has 2 rings (SSSR count). The number of carbonyl (C=O) groups excluding carboxylic acids is 1. The summed E-state index contributed by atoms with van der Waals surface area (Å²) >= 11 is 1.52. The molecule has 4 nitrogen and oxygen atoms in total. The topological polar surface area (TPSA) is 66.4 Å². The van der Waals surface area contributed by atoms with Crippen LogP contribution in [0.3, 0.4) is 0 Å². The maximum Gasteiger partial charge on any atom is 0.329 e. The van der Waals surface area contributed by atoms with Crippen LogP contribution in [0.15, 0.2) is 23.6 Å². The highest BCUT2D eigenvalue weighted by molar-refractivity contribution is 7.10. The molecular weight excluding hydrogens is 250 g/mol. The molecule has 18 heavy (non-hydrogen) atoms. The summed E-state index contributed by atoms with van der Waals surface area (Å²) in [6.45, 7) is 1.57. The number of rotatable bonds is 5. The first-order valence-corrected chi connectivity index (χ1v) is 6.67. The normalized spacial score (nSPS) is 18.5. The van der Waals surface area contributed by atoms with Gasteiger partial charge in [-0.05, 0) is 43.2 Å². The summed E-state index contributed by atoms with van der Waals surface area (Å²) in [6.07, 6.45) is 4.79. The summed E-state index contributed by atoms with van der Waals surface area (Å²) in [5.41, 5.74) is -1.14. The Morgan fingerprint density at radius 3 is 2.78 bits per heavy atom. The van der Waals surface area contributed by atoms with E-state index < -0.39 is 11.5 Å². The van der Waals surface area contributed by atoms with Gasteiger partial charge in [0.2, 0.25) is 5.91 Å². The average Bonchev–Trinajstić information content (AvgIpc) is 3.04. The van der Waals surface area contributed by atoms with Crippen LogP contribution >= 0.6 is 11.3 Å². The first-order chi connectivity index (χ1) is 8.52. The smallest absolute Gasteiger partial charge is 0.329 e. The minimum atomic E-state index is -1.14. The first-order valence-electron chi connectivity index (χ1n) is 5.79. The molecule has 0 radical (unpaired) electrons. The van der Waals surface area contributed by atoms with Crippen LogP contribution in [0.5, 0.6) is 0 Å². The highest BCUT2D eigenvalue weighted by Crippen LogP contribution is 2.39. The van der Waals surface area contributed by atoms with Gasteiger partial charge in [-0.1, -0.05) is 6.07 Å². The van der Waals surface area contributed by atoms with Crippen molar-refractivity contribution in [2.24, 2.45) is 5.92 Å². The summed E-state index contributed by atoms with van der Waals surface area (Å²) in [4.78, 5) is 23.9. The standard InChI is InChI=1S/C13H15NO3S/c1-13(12(16)17,9-4-5-9)14-11(15)7-6-10-3-2-8-18-10/h2-3,6-9H,4-5H2,1H3,(H,14,15)(H,16,17)/b7-6+. The number of thiophene rings is 1. The number of carboxylic acid groups (broad SMARTS) is 1. The Kier molecular flexibility index (Phi) is 3.52. The molecule has 0 aromatic carbocycles. The number of nitrogens with one attached hydrogen (secondary N) is 1. The Bertz CT molecular complexity index is 476. The van der Waals surface area contributed by atoms with Crippen LogP contribution in [-0.2, 0) is 9.59 Å². The van der Waals surface area contributed by atoms with E-state index in [4.69, 9.17) is 0 Å². The van der Waals surface area contributed by atoms with Gasteiger partial charge in [0.05, 0.1) is 0 Å². The summed E-state index contributed by atoms with van der Waals surface area (Å²) in [7, 11) is 0. The zero-order valence-electron chi connectivity index (χ0n) is 10.1. The van der Waals surface area contributed by atoms with Crippen molar-refractivity contribution < 1.29 is 14.7 Å². The van der Waals surface area contributed by atoms with Crippen molar-refractivity contribution in [3.8, 4) is 0 Å².